The van der Waals surface area contributed by atoms with Gasteiger partial charge in [0, 0.05) is 0 Å². The fourth-order valence-electron chi connectivity index (χ4n) is 2.43. The third kappa shape index (κ3) is 1.15. The molecule has 3 unspecified atom stereocenters. The number of aromatic nitrogens is 4. The predicted molar refractivity (Wildman–Crippen MR) is 48.9 cm³/mol. The first-order chi connectivity index (χ1) is 6.88. The van der Waals surface area contributed by atoms with E-state index in [9.17, 15) is 0 Å². The fraction of sp³-hybridized carbons (Fsp3) is 0.875. The van der Waals surface area contributed by atoms with Gasteiger partial charge in [-0.2, -0.15) is 0 Å². The lowest BCUT2D eigenvalue weighted by molar-refractivity contribution is 0.0916. The highest BCUT2D eigenvalue weighted by Crippen LogP contribution is 2.41. The molecule has 0 spiro atoms. The Balaban J connectivity index is 1.89. The molecule has 6 heteroatoms. The van der Waals surface area contributed by atoms with Gasteiger partial charge in [-0.05, 0) is 29.7 Å². The van der Waals surface area contributed by atoms with Gasteiger partial charge in [-0.3, -0.25) is 0 Å². The van der Waals surface area contributed by atoms with Gasteiger partial charge in [0.25, 0.3) is 0 Å². The molecule has 2 saturated heterocycles. The molecular weight excluding hydrogens is 204 g/mol. The van der Waals surface area contributed by atoms with Gasteiger partial charge >= 0.3 is 0 Å². The Hall–Kier alpha value is -0.680. The number of halogens is 1. The number of rotatable bonds is 2. The average Bonchev–Trinajstić information content (AvgIpc) is 2.92. The lowest BCUT2D eigenvalue weighted by Gasteiger charge is -2.18. The van der Waals surface area contributed by atoms with E-state index in [0.717, 1.165) is 18.7 Å². The minimum atomic E-state index is 0.297. The van der Waals surface area contributed by atoms with Crippen LogP contribution < -0.4 is 0 Å². The number of ether oxygens (including phenoxy) is 1. The minimum absolute atomic E-state index is 0.297. The van der Waals surface area contributed by atoms with Crippen LogP contribution in [0.1, 0.15) is 31.1 Å². The topological polar surface area (TPSA) is 52.8 Å². The molecule has 1 aromatic rings. The van der Waals surface area contributed by atoms with Gasteiger partial charge in [0.05, 0.1) is 24.1 Å². The van der Waals surface area contributed by atoms with Crippen molar-refractivity contribution in [3.63, 3.8) is 0 Å². The second-order valence-electron chi connectivity index (χ2n) is 3.85. The Morgan fingerprint density at radius 1 is 1.50 bits per heavy atom. The Labute approximate surface area is 86.4 Å². The molecular formula is C8H11ClN4O. The van der Waals surface area contributed by atoms with E-state index in [1.165, 1.54) is 6.42 Å². The molecule has 3 atom stereocenters. The predicted octanol–water partition coefficient (Wildman–Crippen LogP) is 0.904. The molecule has 2 bridgehead atoms. The van der Waals surface area contributed by atoms with Crippen molar-refractivity contribution in [3.05, 3.63) is 5.82 Å². The normalized spacial score (nSPS) is 35.4. The van der Waals surface area contributed by atoms with E-state index < -0.39 is 0 Å². The van der Waals surface area contributed by atoms with Crippen LogP contribution in [0.25, 0.3) is 0 Å². The summed E-state index contributed by atoms with van der Waals surface area (Å²) >= 11 is 5.75. The lowest BCUT2D eigenvalue weighted by atomic mass is 9.96. The molecule has 0 aliphatic carbocycles. The maximum Gasteiger partial charge on any atom is 0.166 e. The zero-order chi connectivity index (χ0) is 9.54. The average molecular weight is 215 g/mol. The highest BCUT2D eigenvalue weighted by molar-refractivity contribution is 6.16. The van der Waals surface area contributed by atoms with Crippen molar-refractivity contribution < 1.29 is 4.74 Å². The highest BCUT2D eigenvalue weighted by Gasteiger charge is 2.43. The van der Waals surface area contributed by atoms with Crippen LogP contribution in [0.3, 0.4) is 0 Å². The molecule has 76 valence electrons. The van der Waals surface area contributed by atoms with Gasteiger partial charge in [-0.15, -0.1) is 16.7 Å². The van der Waals surface area contributed by atoms with Crippen LogP contribution in [0, 0.1) is 0 Å². The van der Waals surface area contributed by atoms with Crippen molar-refractivity contribution in [2.75, 3.05) is 0 Å². The van der Waals surface area contributed by atoms with E-state index in [1.54, 1.807) is 0 Å². The summed E-state index contributed by atoms with van der Waals surface area (Å²) in [5, 5.41) is 11.5. The summed E-state index contributed by atoms with van der Waals surface area (Å²) < 4.78 is 7.58. The first kappa shape index (κ1) is 8.61. The van der Waals surface area contributed by atoms with Crippen LogP contribution in [0.2, 0.25) is 0 Å². The third-order valence-corrected chi connectivity index (χ3v) is 3.31. The summed E-state index contributed by atoms with van der Waals surface area (Å²) in [5.74, 6) is 1.11. The van der Waals surface area contributed by atoms with E-state index in [2.05, 4.69) is 15.5 Å². The smallest absolute Gasteiger partial charge is 0.166 e. The second kappa shape index (κ2) is 3.17. The number of hydrogen-bond donors (Lipinski definition) is 0. The fourth-order valence-corrected chi connectivity index (χ4v) is 2.60. The van der Waals surface area contributed by atoms with Gasteiger partial charge in [0.15, 0.2) is 5.82 Å². The molecule has 3 rings (SSSR count). The lowest BCUT2D eigenvalue weighted by Crippen LogP contribution is -2.23. The standard InChI is InChI=1S/C8H11ClN4O/c9-4-8-10-11-12-13(8)6-3-5-1-2-7(6)14-5/h5-7H,1-4H2. The summed E-state index contributed by atoms with van der Waals surface area (Å²) in [7, 11) is 0. The monoisotopic (exact) mass is 214 g/mol. The highest BCUT2D eigenvalue weighted by atomic mass is 35.5. The Morgan fingerprint density at radius 2 is 2.43 bits per heavy atom. The molecule has 0 saturated carbocycles. The van der Waals surface area contributed by atoms with Crippen LogP contribution >= 0.6 is 11.6 Å². The molecule has 3 heterocycles. The minimum Gasteiger partial charge on any atom is -0.373 e. The first-order valence-electron chi connectivity index (χ1n) is 4.86. The maximum absolute atomic E-state index is 5.75. The van der Waals surface area contributed by atoms with Gasteiger partial charge in [-0.25, -0.2) is 4.68 Å². The van der Waals surface area contributed by atoms with Gasteiger partial charge in [0.2, 0.25) is 0 Å². The van der Waals surface area contributed by atoms with Crippen LogP contribution in [0.5, 0.6) is 0 Å². The van der Waals surface area contributed by atoms with Crippen LogP contribution in [-0.4, -0.2) is 32.4 Å². The molecule has 2 aliphatic rings. The van der Waals surface area contributed by atoms with Crippen LogP contribution in [-0.2, 0) is 10.6 Å². The van der Waals surface area contributed by atoms with Gasteiger partial charge < -0.3 is 4.74 Å². The zero-order valence-corrected chi connectivity index (χ0v) is 8.39. The Kier molecular flexibility index (Phi) is 1.95. The maximum atomic E-state index is 5.75. The summed E-state index contributed by atoms with van der Waals surface area (Å²) in [6.45, 7) is 0. The number of fused-ring (bicyclic) bond motifs is 2. The van der Waals surface area contributed by atoms with E-state index in [-0.39, 0.29) is 0 Å². The summed E-state index contributed by atoms with van der Waals surface area (Å²) in [4.78, 5) is 0. The number of alkyl halides is 1. The summed E-state index contributed by atoms with van der Waals surface area (Å²) in [6.07, 6.45) is 4.04. The van der Waals surface area contributed by atoms with Crippen molar-refractivity contribution >= 4 is 11.6 Å². The molecule has 2 fully saturated rings. The molecule has 1 aromatic heterocycles. The summed E-state index contributed by atoms with van der Waals surface area (Å²) in [5.41, 5.74) is 0. The van der Waals surface area contributed by atoms with Gasteiger partial charge in [0.1, 0.15) is 0 Å². The van der Waals surface area contributed by atoms with Crippen molar-refractivity contribution in [3.8, 4) is 0 Å². The van der Waals surface area contributed by atoms with Crippen molar-refractivity contribution in [2.24, 2.45) is 0 Å². The molecule has 0 amide bonds. The molecule has 0 N–H and O–H groups in total. The van der Waals surface area contributed by atoms with Gasteiger partial charge in [-0.1, -0.05) is 0 Å². The quantitative estimate of drug-likeness (QED) is 0.687. The molecule has 0 radical (unpaired) electrons. The van der Waals surface area contributed by atoms with Crippen LogP contribution in [0.4, 0.5) is 0 Å². The Bertz CT molecular complexity index is 342. The van der Waals surface area contributed by atoms with E-state index in [4.69, 9.17) is 16.3 Å². The first-order valence-corrected chi connectivity index (χ1v) is 5.40. The number of hydrogen-bond acceptors (Lipinski definition) is 4. The van der Waals surface area contributed by atoms with E-state index in [0.29, 0.717) is 24.1 Å². The van der Waals surface area contributed by atoms with Crippen LogP contribution in [0.15, 0.2) is 0 Å². The molecule has 14 heavy (non-hydrogen) atoms. The largest absolute Gasteiger partial charge is 0.373 e. The second-order valence-corrected chi connectivity index (χ2v) is 4.12. The molecule has 2 aliphatic heterocycles. The Morgan fingerprint density at radius 3 is 3.07 bits per heavy atom. The number of nitrogens with zero attached hydrogens (tertiary/aromatic N) is 4. The molecule has 0 aromatic carbocycles. The third-order valence-electron chi connectivity index (χ3n) is 3.07. The summed E-state index contributed by atoms with van der Waals surface area (Å²) in [6, 6.07) is 0.303. The SMILES string of the molecule is ClCc1nnnn1C1CC2CCC1O2. The zero-order valence-electron chi connectivity index (χ0n) is 7.64. The van der Waals surface area contributed by atoms with E-state index >= 15 is 0 Å². The number of tetrazole rings is 1. The van der Waals surface area contributed by atoms with Crippen molar-refractivity contribution in [1.29, 1.82) is 0 Å². The molecule has 5 nitrogen and oxygen atoms in total. The van der Waals surface area contributed by atoms with E-state index in [1.807, 2.05) is 4.68 Å². The van der Waals surface area contributed by atoms with Crippen molar-refractivity contribution in [1.82, 2.24) is 20.2 Å². The van der Waals surface area contributed by atoms with Crippen molar-refractivity contribution in [2.45, 2.75) is 43.4 Å².